The number of halogens is 1. The molecule has 0 saturated heterocycles. The van der Waals surface area contributed by atoms with Crippen molar-refractivity contribution in [2.45, 2.75) is 47.5 Å². The topological polar surface area (TPSA) is 37.8 Å². The van der Waals surface area contributed by atoms with Gasteiger partial charge < -0.3 is 5.32 Å². The van der Waals surface area contributed by atoms with E-state index in [1.165, 1.54) is 0 Å². The number of hydrogen-bond donors (Lipinski definition) is 1. The first-order chi connectivity index (χ1) is 8.93. The Balaban J connectivity index is 2.71. The van der Waals surface area contributed by atoms with Crippen LogP contribution >= 0.6 is 11.6 Å². The van der Waals surface area contributed by atoms with E-state index in [-0.39, 0.29) is 0 Å². The van der Waals surface area contributed by atoms with E-state index in [9.17, 15) is 0 Å². The van der Waals surface area contributed by atoms with Gasteiger partial charge in [-0.15, -0.1) is 0 Å². The van der Waals surface area contributed by atoms with E-state index in [1.807, 2.05) is 0 Å². The van der Waals surface area contributed by atoms with Crippen molar-refractivity contribution < 1.29 is 0 Å². The molecule has 0 atom stereocenters. The van der Waals surface area contributed by atoms with Gasteiger partial charge in [-0.1, -0.05) is 46.2 Å². The Hall–Kier alpha value is -0.830. The predicted octanol–water partition coefficient (Wildman–Crippen LogP) is 4.42. The Morgan fingerprint density at radius 1 is 1.16 bits per heavy atom. The van der Waals surface area contributed by atoms with Gasteiger partial charge in [-0.2, -0.15) is 0 Å². The van der Waals surface area contributed by atoms with Gasteiger partial charge in [0, 0.05) is 19.0 Å². The van der Waals surface area contributed by atoms with Gasteiger partial charge in [0.05, 0.1) is 0 Å². The summed E-state index contributed by atoms with van der Waals surface area (Å²) in [5, 5.41) is 3.93. The minimum atomic E-state index is 0.520. The number of nitrogens with zero attached hydrogens (tertiary/aromatic N) is 2. The molecule has 0 radical (unpaired) electrons. The highest BCUT2D eigenvalue weighted by Gasteiger charge is 2.17. The lowest BCUT2D eigenvalue weighted by molar-refractivity contribution is 0.304. The Kier molecular flexibility index (Phi) is 6.56. The number of aryl methyl sites for hydroxylation is 1. The van der Waals surface area contributed by atoms with Crippen molar-refractivity contribution in [1.29, 1.82) is 0 Å². The Morgan fingerprint density at radius 3 is 2.32 bits per heavy atom. The molecule has 1 aromatic heterocycles. The third-order valence-electron chi connectivity index (χ3n) is 3.45. The highest BCUT2D eigenvalue weighted by Crippen LogP contribution is 2.21. The molecule has 1 rings (SSSR count). The van der Waals surface area contributed by atoms with Gasteiger partial charge in [-0.3, -0.25) is 0 Å². The van der Waals surface area contributed by atoms with Gasteiger partial charge in [-0.25, -0.2) is 9.97 Å². The van der Waals surface area contributed by atoms with Crippen LogP contribution in [0.15, 0.2) is 6.07 Å². The van der Waals surface area contributed by atoms with Crippen LogP contribution in [-0.4, -0.2) is 16.5 Å². The molecular weight excluding hydrogens is 258 g/mol. The molecule has 4 heteroatoms. The molecule has 0 aliphatic rings. The maximum Gasteiger partial charge on any atom is 0.134 e. The van der Waals surface area contributed by atoms with Crippen LogP contribution in [0, 0.1) is 17.8 Å². The lowest BCUT2D eigenvalue weighted by atomic mass is 9.85. The fourth-order valence-electron chi connectivity index (χ4n) is 2.35. The van der Waals surface area contributed by atoms with Crippen molar-refractivity contribution in [3.8, 4) is 0 Å². The van der Waals surface area contributed by atoms with Crippen molar-refractivity contribution >= 4 is 17.4 Å². The van der Waals surface area contributed by atoms with Gasteiger partial charge >= 0.3 is 0 Å². The maximum atomic E-state index is 6.04. The molecule has 0 aliphatic carbocycles. The van der Waals surface area contributed by atoms with Crippen molar-refractivity contribution in [1.82, 2.24) is 9.97 Å². The van der Waals surface area contributed by atoms with Crippen molar-refractivity contribution in [2.75, 3.05) is 11.9 Å². The summed E-state index contributed by atoms with van der Waals surface area (Å²) in [5.74, 6) is 3.60. The van der Waals surface area contributed by atoms with E-state index in [0.29, 0.717) is 22.9 Å². The fourth-order valence-corrected chi connectivity index (χ4v) is 2.56. The van der Waals surface area contributed by atoms with E-state index < -0.39 is 0 Å². The third-order valence-corrected chi connectivity index (χ3v) is 3.64. The SMILES string of the molecule is CCCc1nc(Cl)cc(NCC(C(C)C)C(C)C)n1. The Bertz CT molecular complexity index is 383. The molecule has 0 amide bonds. The highest BCUT2D eigenvalue weighted by atomic mass is 35.5. The van der Waals surface area contributed by atoms with Crippen molar-refractivity contribution in [3.05, 3.63) is 17.0 Å². The lowest BCUT2D eigenvalue weighted by Crippen LogP contribution is -2.25. The first-order valence-corrected chi connectivity index (χ1v) is 7.59. The summed E-state index contributed by atoms with van der Waals surface area (Å²) in [6, 6.07) is 1.80. The van der Waals surface area contributed by atoms with Crippen molar-refractivity contribution in [2.24, 2.45) is 17.8 Å². The maximum absolute atomic E-state index is 6.04. The smallest absolute Gasteiger partial charge is 0.134 e. The molecule has 1 aromatic rings. The van der Waals surface area contributed by atoms with Crippen LogP contribution in [0.5, 0.6) is 0 Å². The Morgan fingerprint density at radius 2 is 1.79 bits per heavy atom. The molecule has 0 spiro atoms. The summed E-state index contributed by atoms with van der Waals surface area (Å²) in [7, 11) is 0. The second-order valence-corrected chi connectivity index (χ2v) is 6.16. The standard InChI is InChI=1S/C15H26ClN3/c1-6-7-14-18-13(16)8-15(19-14)17-9-12(10(2)3)11(4)5/h8,10-12H,6-7,9H2,1-5H3,(H,17,18,19). The van der Waals surface area contributed by atoms with Gasteiger partial charge in [0.15, 0.2) is 0 Å². The molecule has 108 valence electrons. The van der Waals surface area contributed by atoms with Crippen LogP contribution in [0.3, 0.4) is 0 Å². The van der Waals surface area contributed by atoms with Crippen LogP contribution < -0.4 is 5.32 Å². The first-order valence-electron chi connectivity index (χ1n) is 7.21. The molecule has 1 N–H and O–H groups in total. The van der Waals surface area contributed by atoms with E-state index in [2.05, 4.69) is 49.9 Å². The molecule has 0 saturated carbocycles. The minimum absolute atomic E-state index is 0.520. The zero-order chi connectivity index (χ0) is 14.4. The number of rotatable bonds is 7. The highest BCUT2D eigenvalue weighted by molar-refractivity contribution is 6.29. The predicted molar refractivity (Wildman–Crippen MR) is 82.7 cm³/mol. The average Bonchev–Trinajstić information content (AvgIpc) is 2.27. The number of nitrogens with one attached hydrogen (secondary N) is 1. The van der Waals surface area contributed by atoms with E-state index in [0.717, 1.165) is 31.0 Å². The molecule has 19 heavy (non-hydrogen) atoms. The average molecular weight is 284 g/mol. The van der Waals surface area contributed by atoms with Gasteiger partial charge in [0.2, 0.25) is 0 Å². The third kappa shape index (κ3) is 5.35. The van der Waals surface area contributed by atoms with Crippen LogP contribution in [0.4, 0.5) is 5.82 Å². The molecule has 0 aliphatic heterocycles. The summed E-state index contributed by atoms with van der Waals surface area (Å²) in [6.45, 7) is 12.1. The largest absolute Gasteiger partial charge is 0.370 e. The second-order valence-electron chi connectivity index (χ2n) is 5.77. The van der Waals surface area contributed by atoms with Crippen LogP contribution in [0.1, 0.15) is 46.9 Å². The van der Waals surface area contributed by atoms with Gasteiger partial charge in [-0.05, 0) is 24.2 Å². The zero-order valence-corrected chi connectivity index (χ0v) is 13.5. The van der Waals surface area contributed by atoms with E-state index in [4.69, 9.17) is 11.6 Å². The number of hydrogen-bond acceptors (Lipinski definition) is 3. The molecule has 1 heterocycles. The number of aromatic nitrogens is 2. The molecule has 0 unspecified atom stereocenters. The molecule has 0 bridgehead atoms. The summed E-state index contributed by atoms with van der Waals surface area (Å²) in [4.78, 5) is 8.74. The molecule has 0 fully saturated rings. The molecule has 3 nitrogen and oxygen atoms in total. The lowest BCUT2D eigenvalue weighted by Gasteiger charge is -2.25. The minimum Gasteiger partial charge on any atom is -0.370 e. The van der Waals surface area contributed by atoms with E-state index >= 15 is 0 Å². The van der Waals surface area contributed by atoms with Crippen LogP contribution in [-0.2, 0) is 6.42 Å². The summed E-state index contributed by atoms with van der Waals surface area (Å²) >= 11 is 6.04. The van der Waals surface area contributed by atoms with E-state index in [1.54, 1.807) is 6.07 Å². The summed E-state index contributed by atoms with van der Waals surface area (Å²) in [6.07, 6.45) is 1.90. The first kappa shape index (κ1) is 16.2. The normalized spacial score (nSPS) is 11.6. The number of anilines is 1. The van der Waals surface area contributed by atoms with Crippen LogP contribution in [0.25, 0.3) is 0 Å². The van der Waals surface area contributed by atoms with Crippen molar-refractivity contribution in [3.63, 3.8) is 0 Å². The van der Waals surface area contributed by atoms with Gasteiger partial charge in [0.1, 0.15) is 16.8 Å². The molecular formula is C15H26ClN3. The summed E-state index contributed by atoms with van der Waals surface area (Å²) < 4.78 is 0. The summed E-state index contributed by atoms with van der Waals surface area (Å²) in [5.41, 5.74) is 0. The molecule has 0 aromatic carbocycles. The Labute approximate surface area is 122 Å². The fraction of sp³-hybridized carbons (Fsp3) is 0.733. The van der Waals surface area contributed by atoms with Gasteiger partial charge in [0.25, 0.3) is 0 Å². The van der Waals surface area contributed by atoms with Crippen LogP contribution in [0.2, 0.25) is 5.15 Å². The second kappa shape index (κ2) is 7.68. The quantitative estimate of drug-likeness (QED) is 0.753. The zero-order valence-electron chi connectivity index (χ0n) is 12.7. The monoisotopic (exact) mass is 283 g/mol.